The van der Waals surface area contributed by atoms with E-state index in [4.69, 9.17) is 0 Å². The number of carbonyl (C=O) groups excluding carboxylic acids is 1. The summed E-state index contributed by atoms with van der Waals surface area (Å²) >= 11 is 0. The van der Waals surface area contributed by atoms with E-state index in [-0.39, 0.29) is 12.4 Å². The van der Waals surface area contributed by atoms with Crippen LogP contribution in [-0.4, -0.2) is 60.5 Å². The van der Waals surface area contributed by atoms with Gasteiger partial charge in [-0.2, -0.15) is 0 Å². The van der Waals surface area contributed by atoms with Gasteiger partial charge in [-0.1, -0.05) is 0 Å². The van der Waals surface area contributed by atoms with E-state index in [1.54, 1.807) is 0 Å². The smallest absolute Gasteiger partial charge is 0.236 e. The molecule has 1 unspecified atom stereocenters. The minimum absolute atomic E-state index is 0. The third-order valence-corrected chi connectivity index (χ3v) is 3.95. The molecule has 1 saturated carbocycles. The molecule has 5 heteroatoms. The van der Waals surface area contributed by atoms with Crippen LogP contribution in [0.3, 0.4) is 0 Å². The van der Waals surface area contributed by atoms with Gasteiger partial charge in [-0.25, -0.2) is 0 Å². The highest BCUT2D eigenvalue weighted by atomic mass is 35.5. The lowest BCUT2D eigenvalue weighted by molar-refractivity contribution is -0.132. The van der Waals surface area contributed by atoms with Crippen molar-refractivity contribution in [1.29, 1.82) is 0 Å². The van der Waals surface area contributed by atoms with Crippen LogP contribution in [0, 0.1) is 0 Å². The van der Waals surface area contributed by atoms with Crippen molar-refractivity contribution in [2.75, 3.05) is 32.7 Å². The minimum atomic E-state index is 0. The summed E-state index contributed by atoms with van der Waals surface area (Å²) in [7, 11) is 0. The molecule has 4 nitrogen and oxygen atoms in total. The van der Waals surface area contributed by atoms with Crippen LogP contribution in [-0.2, 0) is 4.79 Å². The number of nitrogens with zero attached hydrogens (tertiary/aromatic N) is 2. The Morgan fingerprint density at radius 2 is 1.83 bits per heavy atom. The van der Waals surface area contributed by atoms with E-state index in [1.807, 2.05) is 4.90 Å². The molecule has 1 amide bonds. The van der Waals surface area contributed by atoms with Crippen molar-refractivity contribution in [3.05, 3.63) is 0 Å². The third-order valence-electron chi connectivity index (χ3n) is 3.95. The first-order chi connectivity index (χ1) is 8.26. The Morgan fingerprint density at radius 1 is 1.17 bits per heavy atom. The quantitative estimate of drug-likeness (QED) is 0.789. The molecule has 0 aromatic heterocycles. The van der Waals surface area contributed by atoms with Crippen LogP contribution in [0.15, 0.2) is 0 Å². The normalized spacial score (nSPS) is 22.9. The summed E-state index contributed by atoms with van der Waals surface area (Å²) in [4.78, 5) is 16.6. The van der Waals surface area contributed by atoms with Gasteiger partial charge in [0, 0.05) is 31.7 Å². The van der Waals surface area contributed by atoms with E-state index in [1.165, 1.54) is 19.3 Å². The molecular weight excluding hydrogens is 250 g/mol. The molecule has 0 spiro atoms. The molecule has 0 bridgehead atoms. The molecule has 1 saturated heterocycles. The molecular formula is C13H26ClN3O. The van der Waals surface area contributed by atoms with Gasteiger partial charge in [-0.3, -0.25) is 9.69 Å². The van der Waals surface area contributed by atoms with Gasteiger partial charge in [0.25, 0.3) is 0 Å². The van der Waals surface area contributed by atoms with Gasteiger partial charge in [0.05, 0.1) is 6.54 Å². The lowest BCUT2D eigenvalue weighted by Crippen LogP contribution is -2.46. The molecule has 18 heavy (non-hydrogen) atoms. The molecule has 106 valence electrons. The number of hydrogen-bond acceptors (Lipinski definition) is 3. The summed E-state index contributed by atoms with van der Waals surface area (Å²) in [5.41, 5.74) is 0. The second kappa shape index (κ2) is 7.31. The summed E-state index contributed by atoms with van der Waals surface area (Å²) in [6.07, 6.45) is 3.76. The molecule has 0 aromatic carbocycles. The second-order valence-corrected chi connectivity index (χ2v) is 5.12. The van der Waals surface area contributed by atoms with E-state index in [9.17, 15) is 4.79 Å². The average molecular weight is 276 g/mol. The minimum Gasteiger partial charge on any atom is -0.342 e. The maximum Gasteiger partial charge on any atom is 0.236 e. The summed E-state index contributed by atoms with van der Waals surface area (Å²) < 4.78 is 0. The molecule has 2 fully saturated rings. The highest BCUT2D eigenvalue weighted by Crippen LogP contribution is 2.30. The maximum absolute atomic E-state index is 12.2. The topological polar surface area (TPSA) is 35.6 Å². The lowest BCUT2D eigenvalue weighted by atomic mass is 10.2. The zero-order valence-electron chi connectivity index (χ0n) is 11.5. The zero-order valence-corrected chi connectivity index (χ0v) is 12.3. The number of halogens is 1. The van der Waals surface area contributed by atoms with E-state index >= 15 is 0 Å². The Kier molecular flexibility index (Phi) is 6.39. The Bertz CT molecular complexity index is 261. The number of hydrogen-bond donors (Lipinski definition) is 1. The van der Waals surface area contributed by atoms with E-state index in [0.717, 1.165) is 26.2 Å². The van der Waals surface area contributed by atoms with Crippen LogP contribution >= 0.6 is 12.4 Å². The van der Waals surface area contributed by atoms with Gasteiger partial charge in [-0.15, -0.1) is 12.4 Å². The average Bonchev–Trinajstić information content (AvgIpc) is 3.02. The highest BCUT2D eigenvalue weighted by molar-refractivity contribution is 5.85. The summed E-state index contributed by atoms with van der Waals surface area (Å²) in [5, 5.41) is 3.40. The van der Waals surface area contributed by atoms with Crippen molar-refractivity contribution in [3.8, 4) is 0 Å². The van der Waals surface area contributed by atoms with Crippen LogP contribution in [0.1, 0.15) is 33.1 Å². The monoisotopic (exact) mass is 275 g/mol. The van der Waals surface area contributed by atoms with Crippen molar-refractivity contribution in [2.45, 2.75) is 45.2 Å². The molecule has 1 aliphatic carbocycles. The summed E-state index contributed by atoms with van der Waals surface area (Å²) in [5.74, 6) is 0.300. The number of rotatable bonds is 6. The number of likely N-dealkylation sites (N-methyl/N-ethyl adjacent to an activating group) is 1. The van der Waals surface area contributed by atoms with Gasteiger partial charge in [0.15, 0.2) is 0 Å². The molecule has 1 heterocycles. The predicted octanol–water partition coefficient (Wildman–Crippen LogP) is 1.10. The molecule has 2 aliphatic rings. The van der Waals surface area contributed by atoms with Gasteiger partial charge in [-0.05, 0) is 39.7 Å². The summed E-state index contributed by atoms with van der Waals surface area (Å²) in [6, 6.07) is 1.27. The second-order valence-electron chi connectivity index (χ2n) is 5.12. The molecule has 0 aromatic rings. The first-order valence-electron chi connectivity index (χ1n) is 7.00. The van der Waals surface area contributed by atoms with E-state index in [2.05, 4.69) is 24.1 Å². The van der Waals surface area contributed by atoms with Gasteiger partial charge >= 0.3 is 0 Å². The molecule has 1 N–H and O–H groups in total. The Hall–Kier alpha value is -0.320. The Labute approximate surface area is 116 Å². The standard InChI is InChI=1S/C13H25N3O.ClH/c1-3-15(4-2)13(17)10-16(11-5-6-11)12-7-8-14-9-12;/h11-12,14H,3-10H2,1-2H3;1H. The van der Waals surface area contributed by atoms with Crippen molar-refractivity contribution < 1.29 is 4.79 Å². The van der Waals surface area contributed by atoms with Crippen molar-refractivity contribution >= 4 is 18.3 Å². The highest BCUT2D eigenvalue weighted by Gasteiger charge is 2.36. The third kappa shape index (κ3) is 3.84. The number of nitrogens with one attached hydrogen (secondary N) is 1. The fourth-order valence-electron chi connectivity index (χ4n) is 2.72. The Balaban J connectivity index is 0.00000162. The molecule has 2 rings (SSSR count). The fraction of sp³-hybridized carbons (Fsp3) is 0.923. The van der Waals surface area contributed by atoms with Gasteiger partial charge < -0.3 is 10.2 Å². The van der Waals surface area contributed by atoms with E-state index in [0.29, 0.717) is 24.5 Å². The fourth-order valence-corrected chi connectivity index (χ4v) is 2.72. The largest absolute Gasteiger partial charge is 0.342 e. The molecule has 0 radical (unpaired) electrons. The van der Waals surface area contributed by atoms with Gasteiger partial charge in [0.2, 0.25) is 5.91 Å². The van der Waals surface area contributed by atoms with Crippen LogP contribution in [0.25, 0.3) is 0 Å². The Morgan fingerprint density at radius 3 is 2.28 bits per heavy atom. The van der Waals surface area contributed by atoms with Crippen LogP contribution < -0.4 is 5.32 Å². The first kappa shape index (κ1) is 15.7. The van der Waals surface area contributed by atoms with Gasteiger partial charge in [0.1, 0.15) is 0 Å². The van der Waals surface area contributed by atoms with Crippen LogP contribution in [0.4, 0.5) is 0 Å². The SMILES string of the molecule is CCN(CC)C(=O)CN(C1CC1)C1CCNC1.Cl. The van der Waals surface area contributed by atoms with Crippen molar-refractivity contribution in [1.82, 2.24) is 15.1 Å². The lowest BCUT2D eigenvalue weighted by Gasteiger charge is -2.30. The first-order valence-corrected chi connectivity index (χ1v) is 7.00. The van der Waals surface area contributed by atoms with Crippen LogP contribution in [0.5, 0.6) is 0 Å². The zero-order chi connectivity index (χ0) is 12.3. The maximum atomic E-state index is 12.2. The van der Waals surface area contributed by atoms with Crippen molar-refractivity contribution in [2.24, 2.45) is 0 Å². The summed E-state index contributed by atoms with van der Waals surface area (Å²) in [6.45, 7) is 8.56. The number of amides is 1. The predicted molar refractivity (Wildman–Crippen MR) is 76.2 cm³/mol. The molecule has 1 atom stereocenters. The molecule has 1 aliphatic heterocycles. The van der Waals surface area contributed by atoms with Crippen molar-refractivity contribution in [3.63, 3.8) is 0 Å². The van der Waals surface area contributed by atoms with E-state index < -0.39 is 0 Å². The number of carbonyl (C=O) groups is 1. The van der Waals surface area contributed by atoms with Crippen LogP contribution in [0.2, 0.25) is 0 Å².